The molecule has 3 aromatic rings. The van der Waals surface area contributed by atoms with E-state index in [1.165, 1.54) is 5.56 Å². The molecule has 1 heterocycles. The lowest BCUT2D eigenvalue weighted by Gasteiger charge is -2.12. The summed E-state index contributed by atoms with van der Waals surface area (Å²) in [6.45, 7) is 4.97. The number of aliphatic imine (C=N–C) groups is 1. The van der Waals surface area contributed by atoms with Gasteiger partial charge in [0.2, 0.25) is 0 Å². The molecule has 0 amide bonds. The van der Waals surface area contributed by atoms with Gasteiger partial charge in [0.25, 0.3) is 0 Å². The largest absolute Gasteiger partial charge is 0.494 e. The Balaban J connectivity index is 0.00000280. The molecule has 0 bridgehead atoms. The molecular formula is C22H27IN4O. The standard InChI is InChI=1S/C22H26N4O.HI/c1-2-23-22(25-14-8-16-27-19-9-4-3-5-10-19)26-17-18-13-15-24-21-12-7-6-11-20(18)21;/h3-7,9-13,15H,2,8,14,16-17H2,1H3,(H2,23,25,26);1H. The van der Waals surface area contributed by atoms with E-state index in [0.29, 0.717) is 13.2 Å². The number of guanidine groups is 1. The Bertz CT molecular complexity index is 865. The van der Waals surface area contributed by atoms with E-state index >= 15 is 0 Å². The highest BCUT2D eigenvalue weighted by Crippen LogP contribution is 2.16. The molecule has 0 unspecified atom stereocenters. The summed E-state index contributed by atoms with van der Waals surface area (Å²) in [6, 6.07) is 20.1. The summed E-state index contributed by atoms with van der Waals surface area (Å²) in [5, 5.41) is 7.81. The molecule has 3 rings (SSSR count). The third kappa shape index (κ3) is 6.67. The van der Waals surface area contributed by atoms with E-state index in [0.717, 1.165) is 42.1 Å². The zero-order valence-electron chi connectivity index (χ0n) is 16.1. The van der Waals surface area contributed by atoms with Crippen molar-refractivity contribution in [2.24, 2.45) is 4.99 Å². The van der Waals surface area contributed by atoms with E-state index in [9.17, 15) is 0 Å². The summed E-state index contributed by atoms with van der Waals surface area (Å²) in [7, 11) is 0. The molecule has 148 valence electrons. The molecule has 0 aliphatic rings. The van der Waals surface area contributed by atoms with Crippen LogP contribution in [0.4, 0.5) is 0 Å². The van der Waals surface area contributed by atoms with Crippen molar-refractivity contribution in [2.75, 3.05) is 19.7 Å². The van der Waals surface area contributed by atoms with Crippen molar-refractivity contribution >= 4 is 40.8 Å². The summed E-state index contributed by atoms with van der Waals surface area (Å²) in [6.07, 6.45) is 2.74. The zero-order chi connectivity index (χ0) is 18.7. The molecule has 0 radical (unpaired) electrons. The topological polar surface area (TPSA) is 58.5 Å². The van der Waals surface area contributed by atoms with Gasteiger partial charge in [0, 0.05) is 24.7 Å². The van der Waals surface area contributed by atoms with Gasteiger partial charge in [0.15, 0.2) is 5.96 Å². The molecule has 0 spiro atoms. The molecule has 5 nitrogen and oxygen atoms in total. The normalized spacial score (nSPS) is 11.0. The summed E-state index contributed by atoms with van der Waals surface area (Å²) in [4.78, 5) is 9.12. The van der Waals surface area contributed by atoms with Crippen LogP contribution in [0.15, 0.2) is 71.9 Å². The van der Waals surface area contributed by atoms with Gasteiger partial charge in [-0.3, -0.25) is 4.98 Å². The molecule has 2 aromatic carbocycles. The highest BCUT2D eigenvalue weighted by molar-refractivity contribution is 14.0. The Morgan fingerprint density at radius 3 is 2.61 bits per heavy atom. The van der Waals surface area contributed by atoms with Crippen LogP contribution >= 0.6 is 24.0 Å². The van der Waals surface area contributed by atoms with Gasteiger partial charge in [-0.2, -0.15) is 0 Å². The Hall–Kier alpha value is -2.35. The quantitative estimate of drug-likeness (QED) is 0.213. The van der Waals surface area contributed by atoms with Crippen molar-refractivity contribution in [3.63, 3.8) is 0 Å². The van der Waals surface area contributed by atoms with E-state index in [2.05, 4.69) is 28.6 Å². The third-order valence-corrected chi connectivity index (χ3v) is 4.12. The van der Waals surface area contributed by atoms with Crippen LogP contribution in [-0.4, -0.2) is 30.6 Å². The van der Waals surface area contributed by atoms with Gasteiger partial charge >= 0.3 is 0 Å². The number of pyridine rings is 1. The number of aromatic nitrogens is 1. The molecule has 0 atom stereocenters. The number of hydrogen-bond donors (Lipinski definition) is 2. The first-order valence-corrected chi connectivity index (χ1v) is 9.39. The van der Waals surface area contributed by atoms with Gasteiger partial charge in [-0.25, -0.2) is 4.99 Å². The molecule has 0 aliphatic heterocycles. The summed E-state index contributed by atoms with van der Waals surface area (Å²) in [5.41, 5.74) is 2.17. The van der Waals surface area contributed by atoms with Crippen molar-refractivity contribution in [1.29, 1.82) is 0 Å². The highest BCUT2D eigenvalue weighted by atomic mass is 127. The minimum Gasteiger partial charge on any atom is -0.494 e. The lowest BCUT2D eigenvalue weighted by molar-refractivity contribution is 0.311. The fourth-order valence-corrected chi connectivity index (χ4v) is 2.78. The average Bonchev–Trinajstić information content (AvgIpc) is 2.72. The van der Waals surface area contributed by atoms with E-state index in [1.54, 1.807) is 0 Å². The molecular weight excluding hydrogens is 463 g/mol. The Morgan fingerprint density at radius 2 is 1.79 bits per heavy atom. The predicted molar refractivity (Wildman–Crippen MR) is 127 cm³/mol. The van der Waals surface area contributed by atoms with Crippen LogP contribution in [0.25, 0.3) is 10.9 Å². The fraction of sp³-hybridized carbons (Fsp3) is 0.273. The number of benzene rings is 2. The summed E-state index contributed by atoms with van der Waals surface area (Å²) in [5.74, 6) is 1.72. The number of halogens is 1. The van der Waals surface area contributed by atoms with Crippen molar-refractivity contribution in [3.8, 4) is 5.75 Å². The Kier molecular flexibility index (Phi) is 9.54. The highest BCUT2D eigenvalue weighted by Gasteiger charge is 2.02. The van der Waals surface area contributed by atoms with Crippen molar-refractivity contribution in [1.82, 2.24) is 15.6 Å². The van der Waals surface area contributed by atoms with E-state index in [4.69, 9.17) is 9.73 Å². The zero-order valence-corrected chi connectivity index (χ0v) is 18.4. The molecule has 2 N–H and O–H groups in total. The SMILES string of the molecule is CCNC(=NCc1ccnc2ccccc12)NCCCOc1ccccc1.I. The molecule has 6 heteroatoms. The predicted octanol–water partition coefficient (Wildman–Crippen LogP) is 4.38. The molecule has 0 aliphatic carbocycles. The maximum atomic E-state index is 5.72. The number of hydrogen-bond acceptors (Lipinski definition) is 3. The van der Waals surface area contributed by atoms with Crippen molar-refractivity contribution in [3.05, 3.63) is 72.4 Å². The van der Waals surface area contributed by atoms with Crippen LogP contribution in [0, 0.1) is 0 Å². The first kappa shape index (κ1) is 21.9. The van der Waals surface area contributed by atoms with Gasteiger partial charge in [-0.15, -0.1) is 24.0 Å². The minimum atomic E-state index is 0. The second-order valence-electron chi connectivity index (χ2n) is 6.12. The van der Waals surface area contributed by atoms with Gasteiger partial charge in [0.05, 0.1) is 18.7 Å². The van der Waals surface area contributed by atoms with Crippen molar-refractivity contribution in [2.45, 2.75) is 19.9 Å². The minimum absolute atomic E-state index is 0. The second kappa shape index (κ2) is 12.2. The van der Waals surface area contributed by atoms with Crippen molar-refractivity contribution < 1.29 is 4.74 Å². The monoisotopic (exact) mass is 490 g/mol. The Labute approximate surface area is 183 Å². The van der Waals surface area contributed by atoms with E-state index < -0.39 is 0 Å². The van der Waals surface area contributed by atoms with Crippen LogP contribution in [0.5, 0.6) is 5.75 Å². The second-order valence-corrected chi connectivity index (χ2v) is 6.12. The van der Waals surface area contributed by atoms with Crippen LogP contribution in [-0.2, 0) is 6.54 Å². The molecule has 0 fully saturated rings. The van der Waals surface area contributed by atoms with Gasteiger partial charge in [0.1, 0.15) is 5.75 Å². The number of nitrogens with zero attached hydrogens (tertiary/aromatic N) is 2. The fourth-order valence-electron chi connectivity index (χ4n) is 2.78. The van der Waals surface area contributed by atoms with E-state index in [1.807, 2.05) is 60.8 Å². The van der Waals surface area contributed by atoms with Gasteiger partial charge in [-0.1, -0.05) is 36.4 Å². The first-order chi connectivity index (χ1) is 13.4. The number of rotatable bonds is 8. The molecule has 0 saturated carbocycles. The number of fused-ring (bicyclic) bond motifs is 1. The molecule has 28 heavy (non-hydrogen) atoms. The average molecular weight is 490 g/mol. The first-order valence-electron chi connectivity index (χ1n) is 9.39. The summed E-state index contributed by atoms with van der Waals surface area (Å²) < 4.78 is 5.72. The maximum absolute atomic E-state index is 5.72. The third-order valence-electron chi connectivity index (χ3n) is 4.12. The van der Waals surface area contributed by atoms with Gasteiger partial charge < -0.3 is 15.4 Å². The smallest absolute Gasteiger partial charge is 0.191 e. The molecule has 0 saturated heterocycles. The van der Waals surface area contributed by atoms with E-state index in [-0.39, 0.29) is 24.0 Å². The lowest BCUT2D eigenvalue weighted by atomic mass is 10.1. The number of nitrogens with one attached hydrogen (secondary N) is 2. The van der Waals surface area contributed by atoms with Crippen LogP contribution < -0.4 is 15.4 Å². The number of ether oxygens (including phenoxy) is 1. The number of para-hydroxylation sites is 2. The summed E-state index contributed by atoms with van der Waals surface area (Å²) >= 11 is 0. The van der Waals surface area contributed by atoms with Crippen LogP contribution in [0.2, 0.25) is 0 Å². The van der Waals surface area contributed by atoms with Crippen LogP contribution in [0.3, 0.4) is 0 Å². The maximum Gasteiger partial charge on any atom is 0.191 e. The lowest BCUT2D eigenvalue weighted by Crippen LogP contribution is -2.38. The Morgan fingerprint density at radius 1 is 1.00 bits per heavy atom. The van der Waals surface area contributed by atoms with Gasteiger partial charge in [-0.05, 0) is 43.2 Å². The molecule has 1 aromatic heterocycles. The van der Waals surface area contributed by atoms with Crippen LogP contribution in [0.1, 0.15) is 18.9 Å².